The summed E-state index contributed by atoms with van der Waals surface area (Å²) in [5, 5.41) is 11.4. The van der Waals surface area contributed by atoms with Crippen molar-refractivity contribution >= 4 is 29.9 Å². The van der Waals surface area contributed by atoms with Gasteiger partial charge in [-0.3, -0.25) is 9.67 Å². The van der Waals surface area contributed by atoms with E-state index in [1.165, 1.54) is 22.4 Å². The Morgan fingerprint density at radius 3 is 2.52 bits per heavy atom. The third-order valence-electron chi connectivity index (χ3n) is 4.95. The fourth-order valence-electron chi connectivity index (χ4n) is 3.27. The lowest BCUT2D eigenvalue weighted by Crippen LogP contribution is -2.42. The first-order chi connectivity index (χ1) is 13.5. The molecule has 0 aliphatic carbocycles. The molecule has 1 heterocycles. The summed E-state index contributed by atoms with van der Waals surface area (Å²) < 4.78 is 7.66. The van der Waals surface area contributed by atoms with E-state index in [0.29, 0.717) is 13.2 Å². The van der Waals surface area contributed by atoms with Gasteiger partial charge in [0.25, 0.3) is 0 Å². The van der Waals surface area contributed by atoms with Gasteiger partial charge in [0.1, 0.15) is 0 Å². The molecule has 1 unspecified atom stereocenters. The molecule has 0 spiro atoms. The van der Waals surface area contributed by atoms with E-state index in [2.05, 4.69) is 72.7 Å². The third kappa shape index (κ3) is 7.62. The minimum atomic E-state index is 0. The molecule has 6 nitrogen and oxygen atoms in total. The summed E-state index contributed by atoms with van der Waals surface area (Å²) in [5.41, 5.74) is 6.06. The van der Waals surface area contributed by atoms with E-state index in [4.69, 9.17) is 4.74 Å². The molecule has 162 valence electrons. The molecule has 0 fully saturated rings. The van der Waals surface area contributed by atoms with Crippen LogP contribution in [0.3, 0.4) is 0 Å². The van der Waals surface area contributed by atoms with Crippen LogP contribution in [0.4, 0.5) is 0 Å². The molecule has 0 saturated heterocycles. The van der Waals surface area contributed by atoms with Crippen molar-refractivity contribution in [2.45, 2.75) is 59.7 Å². The first kappa shape index (κ1) is 25.4. The molecule has 0 bridgehead atoms. The maximum atomic E-state index is 5.72. The minimum absolute atomic E-state index is 0. The Morgan fingerprint density at radius 2 is 1.93 bits per heavy atom. The van der Waals surface area contributed by atoms with Crippen molar-refractivity contribution in [2.75, 3.05) is 13.7 Å². The zero-order valence-corrected chi connectivity index (χ0v) is 20.9. The van der Waals surface area contributed by atoms with Crippen molar-refractivity contribution in [1.82, 2.24) is 20.4 Å². The number of hydrogen-bond acceptors (Lipinski definition) is 3. The minimum Gasteiger partial charge on any atom is -0.377 e. The van der Waals surface area contributed by atoms with Gasteiger partial charge in [-0.25, -0.2) is 0 Å². The average Bonchev–Trinajstić information content (AvgIpc) is 2.92. The van der Waals surface area contributed by atoms with Gasteiger partial charge in [-0.05, 0) is 50.3 Å². The number of benzene rings is 1. The Kier molecular flexibility index (Phi) is 11.3. The number of aliphatic imine (C=N–C) groups is 1. The molecule has 0 aliphatic rings. The zero-order chi connectivity index (χ0) is 20.5. The Morgan fingerprint density at radius 1 is 1.24 bits per heavy atom. The van der Waals surface area contributed by atoms with Crippen LogP contribution >= 0.6 is 24.0 Å². The summed E-state index contributed by atoms with van der Waals surface area (Å²) in [5.74, 6) is 0.802. The smallest absolute Gasteiger partial charge is 0.191 e. The van der Waals surface area contributed by atoms with Crippen LogP contribution < -0.4 is 10.6 Å². The summed E-state index contributed by atoms with van der Waals surface area (Å²) in [6, 6.07) is 8.63. The van der Waals surface area contributed by atoms with E-state index in [-0.39, 0.29) is 30.0 Å². The normalized spacial score (nSPS) is 12.4. The molecule has 2 N–H and O–H groups in total. The molecule has 0 saturated carbocycles. The fourth-order valence-corrected chi connectivity index (χ4v) is 3.27. The molecule has 2 aromatic rings. The van der Waals surface area contributed by atoms with E-state index < -0.39 is 0 Å². The number of nitrogens with zero attached hydrogens (tertiary/aromatic N) is 3. The number of aromatic nitrogens is 2. The van der Waals surface area contributed by atoms with E-state index >= 15 is 0 Å². The second-order valence-electron chi connectivity index (χ2n) is 7.27. The summed E-state index contributed by atoms with van der Waals surface area (Å²) in [6.45, 7) is 10.6. The van der Waals surface area contributed by atoms with E-state index in [0.717, 1.165) is 31.1 Å². The highest BCUT2D eigenvalue weighted by atomic mass is 127. The Labute approximate surface area is 192 Å². The molecule has 1 aromatic carbocycles. The molecule has 1 atom stereocenters. The molecule has 2 rings (SSSR count). The zero-order valence-electron chi connectivity index (χ0n) is 18.6. The van der Waals surface area contributed by atoms with Crippen LogP contribution in [0.5, 0.6) is 0 Å². The van der Waals surface area contributed by atoms with E-state index in [1.54, 1.807) is 7.05 Å². The molecule has 29 heavy (non-hydrogen) atoms. The Balaban J connectivity index is 0.00000420. The van der Waals surface area contributed by atoms with Gasteiger partial charge < -0.3 is 15.4 Å². The second kappa shape index (κ2) is 12.8. The van der Waals surface area contributed by atoms with Gasteiger partial charge >= 0.3 is 0 Å². The largest absolute Gasteiger partial charge is 0.377 e. The van der Waals surface area contributed by atoms with Crippen LogP contribution in [0, 0.1) is 13.8 Å². The SMILES string of the molecule is CCCOCc1ccccc1CNC(=NC)NC(C)Cc1c(C)nn(C)c1C.I. The summed E-state index contributed by atoms with van der Waals surface area (Å²) in [6.07, 6.45) is 1.94. The highest BCUT2D eigenvalue weighted by molar-refractivity contribution is 14.0. The molecule has 7 heteroatoms. The number of hydrogen-bond donors (Lipinski definition) is 2. The fraction of sp³-hybridized carbons (Fsp3) is 0.545. The third-order valence-corrected chi connectivity index (χ3v) is 4.95. The van der Waals surface area contributed by atoms with Gasteiger partial charge in [-0.2, -0.15) is 5.10 Å². The Bertz CT molecular complexity index is 788. The average molecular weight is 513 g/mol. The molecular formula is C22H36IN5O. The molecular weight excluding hydrogens is 477 g/mol. The predicted octanol–water partition coefficient (Wildman–Crippen LogP) is 3.88. The quantitative estimate of drug-likeness (QED) is 0.231. The molecule has 0 aliphatic heterocycles. The highest BCUT2D eigenvalue weighted by Crippen LogP contribution is 2.14. The van der Waals surface area contributed by atoms with Crippen molar-refractivity contribution in [3.8, 4) is 0 Å². The standard InChI is InChI=1S/C22H35N5O.HI/c1-7-12-28-15-20-11-9-8-10-19(20)14-24-22(23-5)25-16(2)13-21-17(3)26-27(6)18(21)4;/h8-11,16H,7,12-15H2,1-6H3,(H2,23,24,25);1H. The van der Waals surface area contributed by atoms with Crippen molar-refractivity contribution in [3.05, 3.63) is 52.3 Å². The van der Waals surface area contributed by atoms with Gasteiger partial charge in [0.15, 0.2) is 5.96 Å². The lowest BCUT2D eigenvalue weighted by Gasteiger charge is -2.19. The van der Waals surface area contributed by atoms with Gasteiger partial charge in [0, 0.05) is 39.0 Å². The van der Waals surface area contributed by atoms with Crippen LogP contribution in [0.1, 0.15) is 48.3 Å². The number of aryl methyl sites for hydroxylation is 2. The van der Waals surface area contributed by atoms with Crippen LogP contribution in [0.2, 0.25) is 0 Å². The van der Waals surface area contributed by atoms with Gasteiger partial charge in [0.2, 0.25) is 0 Å². The number of ether oxygens (including phenoxy) is 1. The van der Waals surface area contributed by atoms with Crippen molar-refractivity contribution in [1.29, 1.82) is 0 Å². The monoisotopic (exact) mass is 513 g/mol. The van der Waals surface area contributed by atoms with Gasteiger partial charge in [-0.15, -0.1) is 24.0 Å². The first-order valence-electron chi connectivity index (χ1n) is 10.1. The van der Waals surface area contributed by atoms with Crippen LogP contribution in [-0.4, -0.2) is 35.4 Å². The molecule has 0 radical (unpaired) electrons. The molecule has 0 amide bonds. The summed E-state index contributed by atoms with van der Waals surface area (Å²) in [4.78, 5) is 4.38. The van der Waals surface area contributed by atoms with Crippen molar-refractivity contribution in [2.24, 2.45) is 12.0 Å². The van der Waals surface area contributed by atoms with Crippen molar-refractivity contribution < 1.29 is 4.74 Å². The summed E-state index contributed by atoms with van der Waals surface area (Å²) in [7, 11) is 3.80. The van der Waals surface area contributed by atoms with Crippen LogP contribution in [0.15, 0.2) is 29.3 Å². The number of nitrogens with one attached hydrogen (secondary N) is 2. The van der Waals surface area contributed by atoms with Gasteiger partial charge in [0.05, 0.1) is 12.3 Å². The summed E-state index contributed by atoms with van der Waals surface area (Å²) >= 11 is 0. The lowest BCUT2D eigenvalue weighted by molar-refractivity contribution is 0.121. The van der Waals surface area contributed by atoms with E-state index in [9.17, 15) is 0 Å². The van der Waals surface area contributed by atoms with Crippen molar-refractivity contribution in [3.63, 3.8) is 0 Å². The van der Waals surface area contributed by atoms with E-state index in [1.807, 2.05) is 11.7 Å². The molecule has 1 aromatic heterocycles. The highest BCUT2D eigenvalue weighted by Gasteiger charge is 2.14. The maximum Gasteiger partial charge on any atom is 0.191 e. The van der Waals surface area contributed by atoms with Crippen LogP contribution in [-0.2, 0) is 31.4 Å². The lowest BCUT2D eigenvalue weighted by atomic mass is 10.1. The number of halogens is 1. The first-order valence-corrected chi connectivity index (χ1v) is 10.1. The predicted molar refractivity (Wildman–Crippen MR) is 131 cm³/mol. The van der Waals surface area contributed by atoms with Gasteiger partial charge in [-0.1, -0.05) is 31.2 Å². The topological polar surface area (TPSA) is 63.5 Å². The number of guanidine groups is 1. The maximum absolute atomic E-state index is 5.72. The second-order valence-corrected chi connectivity index (χ2v) is 7.27. The Hall–Kier alpha value is -1.61. The van der Waals surface area contributed by atoms with Crippen LogP contribution in [0.25, 0.3) is 0 Å². The number of rotatable bonds is 9.